The second-order valence-electron chi connectivity index (χ2n) is 10.0. The van der Waals surface area contributed by atoms with Crippen LogP contribution in [0.4, 0.5) is 17.6 Å². The zero-order valence-corrected chi connectivity index (χ0v) is 21.9. The Bertz CT molecular complexity index is 1410. The average molecular weight is 528 g/mol. The largest absolute Gasteiger partial charge is 0.341 e. The number of piperidine rings is 2. The smallest absolute Gasteiger partial charge is 0.282 e. The molecule has 0 aromatic carbocycles. The Balaban J connectivity index is 1.24. The molecule has 0 saturated carbocycles. The summed E-state index contributed by atoms with van der Waals surface area (Å²) in [6.45, 7) is 2.56. The molecule has 0 radical (unpaired) electrons. The molecule has 13 heteroatoms. The maximum atomic E-state index is 13.4. The lowest BCUT2D eigenvalue weighted by atomic mass is 9.83. The van der Waals surface area contributed by atoms with Crippen LogP contribution in [0.15, 0.2) is 17.5 Å². The van der Waals surface area contributed by atoms with Gasteiger partial charge < -0.3 is 10.2 Å². The van der Waals surface area contributed by atoms with E-state index in [-0.39, 0.29) is 24.0 Å². The van der Waals surface area contributed by atoms with Crippen LogP contribution in [0.1, 0.15) is 37.8 Å². The van der Waals surface area contributed by atoms with Crippen LogP contribution in [0.2, 0.25) is 0 Å². The van der Waals surface area contributed by atoms with Crippen LogP contribution >= 0.6 is 11.3 Å². The van der Waals surface area contributed by atoms with Crippen molar-refractivity contribution in [2.24, 2.45) is 5.92 Å². The van der Waals surface area contributed by atoms with Gasteiger partial charge >= 0.3 is 0 Å². The number of nitrogens with one attached hydrogen (secondary N) is 2. The molecule has 11 nitrogen and oxygen atoms in total. The molecule has 0 amide bonds. The van der Waals surface area contributed by atoms with Crippen LogP contribution in [0.5, 0.6) is 0 Å². The van der Waals surface area contributed by atoms with Gasteiger partial charge in [0.1, 0.15) is 10.6 Å². The first kappa shape index (κ1) is 23.6. The van der Waals surface area contributed by atoms with Crippen LogP contribution in [0.25, 0.3) is 10.2 Å². The second-order valence-corrected chi connectivity index (χ2v) is 12.8. The van der Waals surface area contributed by atoms with Crippen LogP contribution in [0, 0.1) is 24.2 Å². The number of nitriles is 1. The maximum Gasteiger partial charge on any atom is 0.282 e. The summed E-state index contributed by atoms with van der Waals surface area (Å²) in [6.07, 6.45) is 4.20. The van der Waals surface area contributed by atoms with E-state index in [0.29, 0.717) is 30.7 Å². The molecule has 6 heterocycles. The SMILES string of the molecule is Cc1cc(Nc2nc(N(C)C3C[C@H]4CCC[C@@H](C3)N4S(=O)(=O)N3CC(C#N)C3)nc3sccc23)n[nH]1. The first-order valence-electron chi connectivity index (χ1n) is 12.3. The van der Waals surface area contributed by atoms with Gasteiger partial charge in [0.05, 0.1) is 17.4 Å². The van der Waals surface area contributed by atoms with Crippen molar-refractivity contribution in [3.05, 3.63) is 23.2 Å². The summed E-state index contributed by atoms with van der Waals surface area (Å²) in [5.41, 5.74) is 0.958. The average Bonchev–Trinajstić information content (AvgIpc) is 3.45. The fourth-order valence-electron chi connectivity index (χ4n) is 5.71. The molecule has 6 rings (SSSR count). The number of fused-ring (bicyclic) bond motifs is 3. The highest BCUT2D eigenvalue weighted by atomic mass is 32.2. The summed E-state index contributed by atoms with van der Waals surface area (Å²) in [5, 5.41) is 22.6. The quantitative estimate of drug-likeness (QED) is 0.500. The number of anilines is 3. The molecule has 3 aromatic heterocycles. The molecule has 3 fully saturated rings. The molecule has 3 atom stereocenters. The molecule has 0 aliphatic carbocycles. The normalized spacial score (nSPS) is 25.4. The molecule has 3 saturated heterocycles. The van der Waals surface area contributed by atoms with Crippen molar-refractivity contribution in [2.75, 3.05) is 30.4 Å². The fourth-order valence-corrected chi connectivity index (χ4v) is 8.61. The maximum absolute atomic E-state index is 13.4. The molecular formula is C23H29N9O2S2. The van der Waals surface area contributed by atoms with E-state index in [1.54, 1.807) is 15.6 Å². The topological polar surface area (TPSA) is 134 Å². The van der Waals surface area contributed by atoms with Gasteiger partial charge in [0, 0.05) is 50.0 Å². The summed E-state index contributed by atoms with van der Waals surface area (Å²) in [4.78, 5) is 12.7. The Morgan fingerprint density at radius 1 is 1.25 bits per heavy atom. The predicted molar refractivity (Wildman–Crippen MR) is 138 cm³/mol. The summed E-state index contributed by atoms with van der Waals surface area (Å²) < 4.78 is 30.1. The summed E-state index contributed by atoms with van der Waals surface area (Å²) in [7, 11) is -1.55. The van der Waals surface area contributed by atoms with Gasteiger partial charge in [0.25, 0.3) is 10.2 Å². The first-order valence-corrected chi connectivity index (χ1v) is 14.6. The minimum atomic E-state index is -3.55. The predicted octanol–water partition coefficient (Wildman–Crippen LogP) is 2.99. The second kappa shape index (κ2) is 8.95. The Kier molecular flexibility index (Phi) is 5.87. The zero-order valence-electron chi connectivity index (χ0n) is 20.3. The number of nitrogens with zero attached hydrogens (tertiary/aromatic N) is 7. The lowest BCUT2D eigenvalue weighted by Crippen LogP contribution is -2.64. The number of aromatic nitrogens is 4. The third-order valence-corrected chi connectivity index (χ3v) is 10.5. The van der Waals surface area contributed by atoms with Crippen LogP contribution in [0.3, 0.4) is 0 Å². The Labute approximate surface area is 214 Å². The van der Waals surface area contributed by atoms with Gasteiger partial charge in [-0.1, -0.05) is 6.42 Å². The van der Waals surface area contributed by atoms with E-state index in [2.05, 4.69) is 26.5 Å². The van der Waals surface area contributed by atoms with E-state index in [9.17, 15) is 8.42 Å². The van der Waals surface area contributed by atoms with E-state index in [1.807, 2.05) is 31.5 Å². The highest BCUT2D eigenvalue weighted by Crippen LogP contribution is 2.40. The van der Waals surface area contributed by atoms with Crippen molar-refractivity contribution in [1.29, 1.82) is 5.26 Å². The van der Waals surface area contributed by atoms with Crippen molar-refractivity contribution in [3.8, 4) is 6.07 Å². The van der Waals surface area contributed by atoms with Crippen molar-refractivity contribution in [2.45, 2.75) is 57.2 Å². The van der Waals surface area contributed by atoms with E-state index < -0.39 is 10.2 Å². The van der Waals surface area contributed by atoms with Crippen molar-refractivity contribution in [3.63, 3.8) is 0 Å². The Morgan fingerprint density at radius 2 is 2.00 bits per heavy atom. The molecule has 1 unspecified atom stereocenters. The molecule has 3 aromatic rings. The minimum Gasteiger partial charge on any atom is -0.341 e. The number of hydrogen-bond acceptors (Lipinski definition) is 9. The van der Waals surface area contributed by atoms with Crippen LogP contribution < -0.4 is 10.2 Å². The first-order chi connectivity index (χ1) is 17.3. The minimum absolute atomic E-state index is 0.0498. The number of rotatable bonds is 6. The van der Waals surface area contributed by atoms with Gasteiger partial charge in [-0.25, -0.2) is 4.98 Å². The lowest BCUT2D eigenvalue weighted by molar-refractivity contribution is 0.0930. The van der Waals surface area contributed by atoms with E-state index in [1.165, 1.54) is 4.31 Å². The number of thiophene rings is 1. The third-order valence-electron chi connectivity index (χ3n) is 7.63. The number of hydrogen-bond donors (Lipinski definition) is 2. The number of aryl methyl sites for hydroxylation is 1. The number of H-pyrrole nitrogens is 1. The number of aromatic amines is 1. The molecule has 36 heavy (non-hydrogen) atoms. The molecule has 3 aliphatic heterocycles. The highest BCUT2D eigenvalue weighted by Gasteiger charge is 2.50. The highest BCUT2D eigenvalue weighted by molar-refractivity contribution is 7.86. The van der Waals surface area contributed by atoms with E-state index in [4.69, 9.17) is 15.2 Å². The van der Waals surface area contributed by atoms with E-state index >= 15 is 0 Å². The van der Waals surface area contributed by atoms with Gasteiger partial charge in [0.15, 0.2) is 5.82 Å². The van der Waals surface area contributed by atoms with Gasteiger partial charge in [-0.15, -0.1) is 11.3 Å². The van der Waals surface area contributed by atoms with Crippen LogP contribution in [-0.4, -0.2) is 75.5 Å². The molecule has 2 N–H and O–H groups in total. The molecule has 0 spiro atoms. The molecule has 2 bridgehead atoms. The summed E-state index contributed by atoms with van der Waals surface area (Å²) in [5.74, 6) is 1.84. The van der Waals surface area contributed by atoms with Gasteiger partial charge in [0.2, 0.25) is 5.95 Å². The summed E-state index contributed by atoms with van der Waals surface area (Å²) >= 11 is 1.57. The fraction of sp³-hybridized carbons (Fsp3) is 0.565. The van der Waals surface area contributed by atoms with Gasteiger partial charge in [-0.3, -0.25) is 5.10 Å². The van der Waals surface area contributed by atoms with E-state index in [0.717, 1.165) is 48.0 Å². The molecule has 3 aliphatic rings. The Hall–Kier alpha value is -2.79. The van der Waals surface area contributed by atoms with Crippen molar-refractivity contribution >= 4 is 49.3 Å². The standard InChI is InChI=1S/C23H29N9O2S2/c1-14-8-20(29-28-14)25-21-19-6-7-35-22(19)27-23(26-21)30(2)18-9-16-4-3-5-17(10-18)32(16)36(33,34)31-12-15(11-24)13-31/h6-8,15-18H,3-5,9-10,12-13H2,1-2H3,(H2,25,26,27,28,29)/t16-,17+,18?. The lowest BCUT2D eigenvalue weighted by Gasteiger charge is -2.51. The monoisotopic (exact) mass is 527 g/mol. The van der Waals surface area contributed by atoms with Crippen molar-refractivity contribution in [1.82, 2.24) is 28.8 Å². The van der Waals surface area contributed by atoms with Crippen molar-refractivity contribution < 1.29 is 8.42 Å². The molecule has 190 valence electrons. The summed E-state index contributed by atoms with van der Waals surface area (Å²) in [6, 6.07) is 6.14. The Morgan fingerprint density at radius 3 is 2.67 bits per heavy atom. The molecular weight excluding hydrogens is 498 g/mol. The zero-order chi connectivity index (χ0) is 25.0. The van der Waals surface area contributed by atoms with Crippen LogP contribution in [-0.2, 0) is 10.2 Å². The van der Waals surface area contributed by atoms with Gasteiger partial charge in [-0.05, 0) is 44.1 Å². The third kappa shape index (κ3) is 4.02. The van der Waals surface area contributed by atoms with Gasteiger partial charge in [-0.2, -0.15) is 32.4 Å².